The molecule has 2 fully saturated rings. The van der Waals surface area contributed by atoms with Crippen LogP contribution in [-0.4, -0.2) is 57.0 Å². The summed E-state index contributed by atoms with van der Waals surface area (Å²) in [7, 11) is 0. The lowest BCUT2D eigenvalue weighted by molar-refractivity contribution is -0.384. The molecule has 7 nitrogen and oxygen atoms in total. The Balaban J connectivity index is 0.00000289. The van der Waals surface area contributed by atoms with E-state index in [-0.39, 0.29) is 34.6 Å². The van der Waals surface area contributed by atoms with Crippen LogP contribution in [0.25, 0.3) is 0 Å². The van der Waals surface area contributed by atoms with E-state index in [1.54, 1.807) is 4.90 Å². The van der Waals surface area contributed by atoms with Gasteiger partial charge in [-0.3, -0.25) is 19.8 Å². The molecule has 0 unspecified atom stereocenters. The molecule has 1 N–H and O–H groups in total. The predicted octanol–water partition coefficient (Wildman–Crippen LogP) is 4.19. The third kappa shape index (κ3) is 5.54. The molecule has 1 heterocycles. The molecule has 0 bridgehead atoms. The first-order valence-corrected chi connectivity index (χ1v) is 11.0. The molecule has 0 radical (unpaired) electrons. The van der Waals surface area contributed by atoms with E-state index in [1.165, 1.54) is 43.5 Å². The zero-order valence-corrected chi connectivity index (χ0v) is 19.7. The van der Waals surface area contributed by atoms with E-state index in [1.807, 2.05) is 30.3 Å². The van der Waals surface area contributed by atoms with Crippen molar-refractivity contribution in [3.63, 3.8) is 0 Å². The van der Waals surface area contributed by atoms with Gasteiger partial charge < -0.3 is 10.0 Å². The lowest BCUT2D eigenvalue weighted by Gasteiger charge is -2.33. The fraction of sp³-hybridized carbons (Fsp3) is 0.458. The molecule has 1 saturated carbocycles. The molecule has 2 aromatic rings. The van der Waals surface area contributed by atoms with Crippen LogP contribution in [0, 0.1) is 10.1 Å². The van der Waals surface area contributed by atoms with Crippen LogP contribution in [-0.2, 0) is 6.54 Å². The van der Waals surface area contributed by atoms with Gasteiger partial charge in [-0.05, 0) is 30.5 Å². The van der Waals surface area contributed by atoms with Gasteiger partial charge in [-0.2, -0.15) is 0 Å². The number of aliphatic hydroxyl groups is 1. The van der Waals surface area contributed by atoms with Crippen LogP contribution in [0.4, 0.5) is 5.69 Å². The highest BCUT2D eigenvalue weighted by Gasteiger charge is 2.40. The van der Waals surface area contributed by atoms with Gasteiger partial charge in [0.05, 0.1) is 17.1 Å². The molecule has 2 atom stereocenters. The average molecular weight is 504 g/mol. The highest BCUT2D eigenvalue weighted by molar-refractivity contribution is 8.93. The van der Waals surface area contributed by atoms with E-state index in [0.29, 0.717) is 31.2 Å². The third-order valence-corrected chi connectivity index (χ3v) is 6.56. The smallest absolute Gasteiger partial charge is 0.269 e. The summed E-state index contributed by atoms with van der Waals surface area (Å²) < 4.78 is 0. The Bertz CT molecular complexity index is 903. The van der Waals surface area contributed by atoms with Gasteiger partial charge in [-0.15, -0.1) is 17.0 Å². The number of β-amino-alcohol motifs (C(OH)–C–C–N with tert-alkyl or cyclic N) is 1. The number of hydrogen-bond acceptors (Lipinski definition) is 5. The van der Waals surface area contributed by atoms with Crippen molar-refractivity contribution in [3.8, 4) is 0 Å². The van der Waals surface area contributed by atoms with E-state index in [9.17, 15) is 20.0 Å². The molecule has 4 rings (SSSR count). The summed E-state index contributed by atoms with van der Waals surface area (Å²) in [5, 5.41) is 21.9. The molecule has 1 amide bonds. The second-order valence-electron chi connectivity index (χ2n) is 8.60. The van der Waals surface area contributed by atoms with E-state index >= 15 is 0 Å². The SMILES string of the molecule is Br.O=C(c1ccc([N+](=O)[O-])cc1)N(Cc1ccccc1)[C@H]1CN(C2CCCCC2)C[C@@H]1O. The maximum Gasteiger partial charge on any atom is 0.269 e. The summed E-state index contributed by atoms with van der Waals surface area (Å²) in [6, 6.07) is 15.6. The normalized spacial score (nSPS) is 21.7. The topological polar surface area (TPSA) is 86.9 Å². The summed E-state index contributed by atoms with van der Waals surface area (Å²) in [5.41, 5.74) is 1.33. The molecule has 0 aromatic heterocycles. The molecule has 0 spiro atoms. The molecule has 2 aromatic carbocycles. The minimum Gasteiger partial charge on any atom is -0.390 e. The Hall–Kier alpha value is -2.29. The summed E-state index contributed by atoms with van der Waals surface area (Å²) in [4.78, 5) is 28.0. The van der Waals surface area contributed by atoms with Crippen LogP contribution in [0.2, 0.25) is 0 Å². The number of benzene rings is 2. The monoisotopic (exact) mass is 503 g/mol. The number of carbonyl (C=O) groups excluding carboxylic acids is 1. The summed E-state index contributed by atoms with van der Waals surface area (Å²) in [5.74, 6) is -0.215. The highest BCUT2D eigenvalue weighted by atomic mass is 79.9. The first-order chi connectivity index (χ1) is 15.0. The number of nitrogens with zero attached hydrogens (tertiary/aromatic N) is 3. The van der Waals surface area contributed by atoms with Crippen molar-refractivity contribution in [2.75, 3.05) is 13.1 Å². The standard InChI is InChI=1S/C24H29N3O4.BrH/c28-23-17-25(20-9-5-2-6-10-20)16-22(23)26(15-18-7-3-1-4-8-18)24(29)19-11-13-21(14-12-19)27(30)31;/h1,3-4,7-8,11-14,20,22-23,28H,2,5-6,9-10,15-17H2;1H/t22-,23-;/m0./s1. The Morgan fingerprint density at radius 1 is 1.03 bits per heavy atom. The maximum absolute atomic E-state index is 13.5. The number of nitro benzene ring substituents is 1. The number of likely N-dealkylation sites (tertiary alicyclic amines) is 1. The zero-order valence-electron chi connectivity index (χ0n) is 18.0. The molecule has 1 saturated heterocycles. The van der Waals surface area contributed by atoms with Crippen molar-refractivity contribution in [1.29, 1.82) is 0 Å². The van der Waals surface area contributed by atoms with Crippen molar-refractivity contribution in [2.45, 2.75) is 56.8 Å². The number of rotatable bonds is 6. The molecule has 172 valence electrons. The number of halogens is 1. The number of hydrogen-bond donors (Lipinski definition) is 1. The first-order valence-electron chi connectivity index (χ1n) is 11.0. The van der Waals surface area contributed by atoms with Crippen molar-refractivity contribution < 1.29 is 14.8 Å². The highest BCUT2D eigenvalue weighted by Crippen LogP contribution is 2.29. The quantitative estimate of drug-likeness (QED) is 0.471. The molecule has 1 aliphatic heterocycles. The van der Waals surface area contributed by atoms with E-state index < -0.39 is 11.0 Å². The number of non-ortho nitro benzene ring substituents is 1. The Kier molecular flexibility index (Phi) is 8.39. The van der Waals surface area contributed by atoms with Gasteiger partial charge in [-0.25, -0.2) is 0 Å². The predicted molar refractivity (Wildman–Crippen MR) is 128 cm³/mol. The van der Waals surface area contributed by atoms with Crippen LogP contribution in [0.1, 0.15) is 48.0 Å². The molecular formula is C24H30BrN3O4. The van der Waals surface area contributed by atoms with E-state index in [0.717, 1.165) is 18.4 Å². The van der Waals surface area contributed by atoms with Gasteiger partial charge in [0.2, 0.25) is 0 Å². The average Bonchev–Trinajstić information content (AvgIpc) is 3.19. The molecule has 32 heavy (non-hydrogen) atoms. The molecule has 1 aliphatic carbocycles. The van der Waals surface area contributed by atoms with Crippen LogP contribution < -0.4 is 0 Å². The Labute approximate surface area is 198 Å². The minimum absolute atomic E-state index is 0. The summed E-state index contributed by atoms with van der Waals surface area (Å²) in [6.45, 7) is 1.61. The fourth-order valence-corrected chi connectivity index (χ4v) is 4.86. The molecule has 2 aliphatic rings. The largest absolute Gasteiger partial charge is 0.390 e. The Morgan fingerprint density at radius 3 is 2.31 bits per heavy atom. The lowest BCUT2D eigenvalue weighted by Crippen LogP contribution is -2.46. The van der Waals surface area contributed by atoms with Crippen molar-refractivity contribution >= 4 is 28.6 Å². The van der Waals surface area contributed by atoms with Crippen LogP contribution >= 0.6 is 17.0 Å². The first kappa shape index (κ1) is 24.4. The van der Waals surface area contributed by atoms with Crippen molar-refractivity contribution in [2.24, 2.45) is 0 Å². The second kappa shape index (κ2) is 11.0. The van der Waals surface area contributed by atoms with Crippen LogP contribution in [0.15, 0.2) is 54.6 Å². The van der Waals surface area contributed by atoms with E-state index in [4.69, 9.17) is 0 Å². The van der Waals surface area contributed by atoms with E-state index in [2.05, 4.69) is 4.90 Å². The number of aliphatic hydroxyl groups excluding tert-OH is 1. The van der Waals surface area contributed by atoms with Gasteiger partial charge in [0, 0.05) is 43.4 Å². The van der Waals surface area contributed by atoms with Gasteiger partial charge >= 0.3 is 0 Å². The third-order valence-electron chi connectivity index (χ3n) is 6.56. The number of carbonyl (C=O) groups is 1. The zero-order chi connectivity index (χ0) is 21.8. The lowest BCUT2D eigenvalue weighted by atomic mass is 9.94. The molecular weight excluding hydrogens is 474 g/mol. The summed E-state index contributed by atoms with van der Waals surface area (Å²) >= 11 is 0. The maximum atomic E-state index is 13.5. The minimum atomic E-state index is -0.618. The number of amides is 1. The number of nitro groups is 1. The van der Waals surface area contributed by atoms with Crippen LogP contribution in [0.3, 0.4) is 0 Å². The van der Waals surface area contributed by atoms with Crippen molar-refractivity contribution in [1.82, 2.24) is 9.80 Å². The van der Waals surface area contributed by atoms with Gasteiger partial charge in [0.1, 0.15) is 0 Å². The molecule has 8 heteroatoms. The Morgan fingerprint density at radius 2 is 1.69 bits per heavy atom. The van der Waals surface area contributed by atoms with Crippen molar-refractivity contribution in [3.05, 3.63) is 75.8 Å². The summed E-state index contributed by atoms with van der Waals surface area (Å²) in [6.07, 6.45) is 5.39. The van der Waals surface area contributed by atoms with Crippen LogP contribution in [0.5, 0.6) is 0 Å². The van der Waals surface area contributed by atoms with Gasteiger partial charge in [-0.1, -0.05) is 49.6 Å². The second-order valence-corrected chi connectivity index (χ2v) is 8.60. The fourth-order valence-electron chi connectivity index (χ4n) is 4.86. The van der Waals surface area contributed by atoms with Gasteiger partial charge in [0.25, 0.3) is 11.6 Å². The van der Waals surface area contributed by atoms with Gasteiger partial charge in [0.15, 0.2) is 0 Å².